The van der Waals surface area contributed by atoms with Crippen molar-refractivity contribution in [2.45, 2.75) is 59.8 Å². The van der Waals surface area contributed by atoms with Gasteiger partial charge < -0.3 is 24.8 Å². The molecule has 0 aromatic heterocycles. The summed E-state index contributed by atoms with van der Waals surface area (Å²) in [7, 11) is 0. The zero-order valence-electron chi connectivity index (χ0n) is 19.0. The predicted molar refractivity (Wildman–Crippen MR) is 120 cm³/mol. The van der Waals surface area contributed by atoms with Crippen molar-refractivity contribution in [3.05, 3.63) is 88.0 Å². The normalized spacial score (nSPS) is 10.8. The van der Waals surface area contributed by atoms with Crippen molar-refractivity contribution < 1.29 is 49.0 Å². The average Bonchev–Trinajstić information content (AvgIpc) is 3.27. The van der Waals surface area contributed by atoms with Crippen LogP contribution in [-0.2, 0) is 42.5 Å². The molecule has 4 rings (SSSR count). The van der Waals surface area contributed by atoms with Gasteiger partial charge in [-0.25, -0.2) is 6.07 Å². The Morgan fingerprint density at radius 2 is 1.63 bits per heavy atom. The van der Waals surface area contributed by atoms with Gasteiger partial charge in [0.25, 0.3) is 0 Å². The van der Waals surface area contributed by atoms with E-state index < -0.39 is 0 Å². The Hall–Kier alpha value is -0.877. The number of hydrogen-bond acceptors (Lipinski definition) is 0. The van der Waals surface area contributed by atoms with Gasteiger partial charge in [-0.1, -0.05) is 75.8 Å². The Labute approximate surface area is 211 Å². The standard InChI is InChI=1S/C15H13.C11H17.CH2.2ClH.Zr/c1-10-3-5-14-12(7-10)9-13-8-11(2)4-6-15(13)14;1-5-9-6-7-10(8-9)11(2,3)4;;;;/h3-7H,9H2,1-2H3;6-8H,5H2,1-4H3;1H2;2*1H;/q2*-1;;;;+2/p-2. The van der Waals surface area contributed by atoms with Crippen molar-refractivity contribution in [2.75, 3.05) is 0 Å². The minimum Gasteiger partial charge on any atom is -1.00 e. The van der Waals surface area contributed by atoms with E-state index >= 15 is 0 Å². The topological polar surface area (TPSA) is 0 Å². The molecule has 0 atom stereocenters. The Morgan fingerprint density at radius 3 is 2.17 bits per heavy atom. The molecule has 0 N–H and O–H groups in total. The smallest absolute Gasteiger partial charge is 1.00 e. The molecule has 0 nitrogen and oxygen atoms in total. The summed E-state index contributed by atoms with van der Waals surface area (Å²) in [5.41, 5.74) is 11.4. The number of fused-ring (bicyclic) bond motifs is 3. The SMILES string of the molecule is CCc1cc(C(C)(C)C)c[cH-]1.Cc1[c-]c2c(cc1)-c1ccc(C)cc1C2.[CH2]=[Zr+2].[Cl-].[Cl-]. The largest absolute Gasteiger partial charge is 1.00 e. The molecule has 30 heavy (non-hydrogen) atoms. The van der Waals surface area contributed by atoms with Crippen molar-refractivity contribution in [3.63, 3.8) is 0 Å². The van der Waals surface area contributed by atoms with Gasteiger partial charge in [0.2, 0.25) is 0 Å². The first-order chi connectivity index (χ1) is 13.3. The van der Waals surface area contributed by atoms with Gasteiger partial charge in [0.1, 0.15) is 0 Å². The van der Waals surface area contributed by atoms with E-state index in [1.54, 1.807) is 0 Å². The first kappa shape index (κ1) is 29.1. The summed E-state index contributed by atoms with van der Waals surface area (Å²) in [5, 5.41) is 0. The summed E-state index contributed by atoms with van der Waals surface area (Å²) in [4.78, 5) is 0. The molecule has 0 saturated heterocycles. The zero-order valence-corrected chi connectivity index (χ0v) is 23.0. The van der Waals surface area contributed by atoms with E-state index in [1.807, 2.05) is 0 Å². The van der Waals surface area contributed by atoms with E-state index in [2.05, 4.69) is 100 Å². The van der Waals surface area contributed by atoms with Crippen LogP contribution in [0, 0.1) is 19.9 Å². The van der Waals surface area contributed by atoms with Gasteiger partial charge in [-0.05, 0) is 18.9 Å². The number of halogens is 2. The molecule has 3 heteroatoms. The Morgan fingerprint density at radius 1 is 1.00 bits per heavy atom. The van der Waals surface area contributed by atoms with Crippen molar-refractivity contribution >= 4 is 4.21 Å². The second-order valence-corrected chi connectivity index (χ2v) is 8.48. The molecule has 3 aromatic rings. The van der Waals surface area contributed by atoms with E-state index in [9.17, 15) is 0 Å². The zero-order chi connectivity index (χ0) is 20.9. The van der Waals surface area contributed by atoms with Gasteiger partial charge in [0.15, 0.2) is 0 Å². The predicted octanol–water partition coefficient (Wildman–Crippen LogP) is 0.913. The molecule has 0 saturated carbocycles. The summed E-state index contributed by atoms with van der Waals surface area (Å²) in [6.45, 7) is 13.2. The number of hydrogen-bond donors (Lipinski definition) is 0. The van der Waals surface area contributed by atoms with Crippen molar-refractivity contribution in [2.24, 2.45) is 0 Å². The molecule has 0 fully saturated rings. The Balaban J connectivity index is 0.000000507. The van der Waals surface area contributed by atoms with Crippen molar-refractivity contribution in [1.29, 1.82) is 0 Å². The van der Waals surface area contributed by atoms with Crippen LogP contribution in [-0.4, -0.2) is 4.21 Å². The number of aryl methyl sites for hydroxylation is 3. The van der Waals surface area contributed by atoms with Crippen LogP contribution >= 0.6 is 0 Å². The summed E-state index contributed by atoms with van der Waals surface area (Å²) < 4.78 is 3.34. The van der Waals surface area contributed by atoms with E-state index in [1.165, 1.54) is 68.7 Å². The summed E-state index contributed by atoms with van der Waals surface area (Å²) in [5.74, 6) is 0. The quantitative estimate of drug-likeness (QED) is 0.329. The van der Waals surface area contributed by atoms with Gasteiger partial charge in [0, 0.05) is 0 Å². The van der Waals surface area contributed by atoms with Crippen molar-refractivity contribution in [3.8, 4) is 11.1 Å². The Kier molecular flexibility index (Phi) is 12.5. The van der Waals surface area contributed by atoms with Crippen LogP contribution in [0.2, 0.25) is 0 Å². The van der Waals surface area contributed by atoms with E-state index in [0.717, 1.165) is 12.8 Å². The van der Waals surface area contributed by atoms with Gasteiger partial charge in [0.05, 0.1) is 0 Å². The molecular weight excluding hydrogens is 486 g/mol. The first-order valence-corrected chi connectivity index (χ1v) is 11.7. The molecule has 0 bridgehead atoms. The van der Waals surface area contributed by atoms with Gasteiger partial charge in [-0.3, -0.25) is 0 Å². The maximum atomic E-state index is 3.45. The maximum Gasteiger partial charge on any atom is -1.00 e. The minimum absolute atomic E-state index is 0. The summed E-state index contributed by atoms with van der Waals surface area (Å²) >= 11 is 1.30. The minimum atomic E-state index is 0. The van der Waals surface area contributed by atoms with Gasteiger partial charge in [-0.2, -0.15) is 47.0 Å². The molecule has 0 amide bonds. The van der Waals surface area contributed by atoms with Crippen molar-refractivity contribution in [1.82, 2.24) is 0 Å². The van der Waals surface area contributed by atoms with Crippen LogP contribution in [0.1, 0.15) is 61.1 Å². The number of benzene rings is 2. The molecule has 3 aromatic carbocycles. The maximum absolute atomic E-state index is 3.45. The molecule has 0 radical (unpaired) electrons. The average molecular weight is 519 g/mol. The second kappa shape index (κ2) is 12.9. The molecule has 1 aliphatic carbocycles. The third-order valence-corrected chi connectivity index (χ3v) is 5.18. The molecule has 0 unspecified atom stereocenters. The Bertz CT molecular complexity index is 883. The van der Waals surface area contributed by atoms with Crippen LogP contribution in [0.25, 0.3) is 11.1 Å². The molecular formula is C27H32Cl2Zr-2. The fourth-order valence-electron chi connectivity index (χ4n) is 3.55. The van der Waals surface area contributed by atoms with Crippen LogP contribution in [0.3, 0.4) is 0 Å². The van der Waals surface area contributed by atoms with E-state index in [-0.39, 0.29) is 24.8 Å². The van der Waals surface area contributed by atoms with E-state index in [0.29, 0.717) is 5.41 Å². The van der Waals surface area contributed by atoms with Crippen LogP contribution in [0.5, 0.6) is 0 Å². The van der Waals surface area contributed by atoms with Gasteiger partial charge >= 0.3 is 28.4 Å². The second-order valence-electron chi connectivity index (χ2n) is 8.48. The third-order valence-electron chi connectivity index (χ3n) is 5.18. The molecule has 0 spiro atoms. The van der Waals surface area contributed by atoms with Gasteiger partial charge in [-0.15, -0.1) is 11.1 Å². The van der Waals surface area contributed by atoms with Crippen LogP contribution in [0.15, 0.2) is 48.5 Å². The fourth-order valence-corrected chi connectivity index (χ4v) is 3.55. The monoisotopic (exact) mass is 516 g/mol. The summed E-state index contributed by atoms with van der Waals surface area (Å²) in [6, 6.07) is 21.3. The fraction of sp³-hybridized carbons (Fsp3) is 0.333. The molecule has 160 valence electrons. The molecule has 0 aliphatic heterocycles. The van der Waals surface area contributed by atoms with Crippen LogP contribution < -0.4 is 24.8 Å². The van der Waals surface area contributed by atoms with Crippen LogP contribution in [0.4, 0.5) is 0 Å². The first-order valence-electron chi connectivity index (χ1n) is 10.0. The third kappa shape index (κ3) is 7.37. The molecule has 0 heterocycles. The number of rotatable bonds is 1. The molecule has 1 aliphatic rings. The summed E-state index contributed by atoms with van der Waals surface area (Å²) in [6.07, 6.45) is 2.20. The van der Waals surface area contributed by atoms with E-state index in [4.69, 9.17) is 0 Å².